The first-order chi connectivity index (χ1) is 11.2. The van der Waals surface area contributed by atoms with E-state index in [1.807, 2.05) is 30.3 Å². The Morgan fingerprint density at radius 3 is 2.57 bits per heavy atom. The molecule has 0 fully saturated rings. The summed E-state index contributed by atoms with van der Waals surface area (Å²) in [5.74, 6) is -0.540. The fraction of sp³-hybridized carbons (Fsp3) is 0.250. The molecule has 7 heteroatoms. The number of aryl methyl sites for hydroxylation is 1. The molecule has 0 spiro atoms. The number of nitrogens with zero attached hydrogens (tertiary/aromatic N) is 4. The SMILES string of the molecule is COCc1nn2c(C)c(C(=O)OC)nnc2c1-c1ccccc1. The lowest BCUT2D eigenvalue weighted by molar-refractivity contribution is 0.0590. The number of benzene rings is 1. The third-order valence-corrected chi connectivity index (χ3v) is 3.56. The van der Waals surface area contributed by atoms with Crippen molar-refractivity contribution in [3.63, 3.8) is 0 Å². The van der Waals surface area contributed by atoms with Gasteiger partial charge in [0.15, 0.2) is 11.3 Å². The monoisotopic (exact) mass is 312 g/mol. The van der Waals surface area contributed by atoms with Gasteiger partial charge in [-0.2, -0.15) is 5.10 Å². The fourth-order valence-electron chi connectivity index (χ4n) is 2.47. The van der Waals surface area contributed by atoms with Crippen LogP contribution in [-0.2, 0) is 16.1 Å². The molecule has 0 aliphatic heterocycles. The van der Waals surface area contributed by atoms with E-state index in [4.69, 9.17) is 9.47 Å². The van der Waals surface area contributed by atoms with E-state index in [-0.39, 0.29) is 5.69 Å². The molecule has 0 unspecified atom stereocenters. The van der Waals surface area contributed by atoms with Gasteiger partial charge in [0.05, 0.1) is 30.7 Å². The van der Waals surface area contributed by atoms with E-state index < -0.39 is 5.97 Å². The van der Waals surface area contributed by atoms with Gasteiger partial charge in [0.2, 0.25) is 0 Å². The third kappa shape index (κ3) is 2.55. The van der Waals surface area contributed by atoms with Crippen molar-refractivity contribution in [2.45, 2.75) is 13.5 Å². The minimum Gasteiger partial charge on any atom is -0.464 e. The molecule has 0 aliphatic rings. The summed E-state index contributed by atoms with van der Waals surface area (Å²) in [6.45, 7) is 2.09. The largest absolute Gasteiger partial charge is 0.464 e. The smallest absolute Gasteiger partial charge is 0.360 e. The number of esters is 1. The Morgan fingerprint density at radius 1 is 1.17 bits per heavy atom. The zero-order valence-electron chi connectivity index (χ0n) is 13.1. The summed E-state index contributed by atoms with van der Waals surface area (Å²) in [6.07, 6.45) is 0. The summed E-state index contributed by atoms with van der Waals surface area (Å²) >= 11 is 0. The third-order valence-electron chi connectivity index (χ3n) is 3.56. The van der Waals surface area contributed by atoms with Crippen LogP contribution in [0.2, 0.25) is 0 Å². The van der Waals surface area contributed by atoms with Gasteiger partial charge in [-0.15, -0.1) is 10.2 Å². The number of carbonyl (C=O) groups is 1. The first kappa shape index (κ1) is 15.1. The predicted molar refractivity (Wildman–Crippen MR) is 83.0 cm³/mol. The molecule has 0 saturated heterocycles. The molecule has 0 bridgehead atoms. The maximum atomic E-state index is 11.8. The Bertz CT molecular complexity index is 859. The van der Waals surface area contributed by atoms with E-state index in [9.17, 15) is 4.79 Å². The van der Waals surface area contributed by atoms with E-state index >= 15 is 0 Å². The fourth-order valence-corrected chi connectivity index (χ4v) is 2.47. The van der Waals surface area contributed by atoms with Crippen LogP contribution < -0.4 is 0 Å². The first-order valence-corrected chi connectivity index (χ1v) is 7.05. The van der Waals surface area contributed by atoms with Crippen LogP contribution in [0.15, 0.2) is 30.3 Å². The van der Waals surface area contributed by atoms with Crippen molar-refractivity contribution in [3.8, 4) is 11.1 Å². The predicted octanol–water partition coefficient (Wildman–Crippen LogP) is 2.03. The van der Waals surface area contributed by atoms with Crippen LogP contribution in [0.25, 0.3) is 16.8 Å². The van der Waals surface area contributed by atoms with Crippen molar-refractivity contribution in [2.75, 3.05) is 14.2 Å². The molecule has 23 heavy (non-hydrogen) atoms. The lowest BCUT2D eigenvalue weighted by Crippen LogP contribution is -2.12. The molecule has 0 radical (unpaired) electrons. The van der Waals surface area contributed by atoms with E-state index in [2.05, 4.69) is 15.3 Å². The summed E-state index contributed by atoms with van der Waals surface area (Å²) in [5.41, 5.74) is 3.84. The summed E-state index contributed by atoms with van der Waals surface area (Å²) in [5, 5.41) is 12.7. The van der Waals surface area contributed by atoms with Gasteiger partial charge in [-0.25, -0.2) is 9.31 Å². The summed E-state index contributed by atoms with van der Waals surface area (Å²) in [6, 6.07) is 9.78. The topological polar surface area (TPSA) is 78.6 Å². The highest BCUT2D eigenvalue weighted by molar-refractivity contribution is 5.89. The van der Waals surface area contributed by atoms with Crippen molar-refractivity contribution in [3.05, 3.63) is 47.4 Å². The second-order valence-electron chi connectivity index (χ2n) is 4.98. The lowest BCUT2D eigenvalue weighted by atomic mass is 10.1. The minimum atomic E-state index is -0.540. The van der Waals surface area contributed by atoms with Gasteiger partial charge in [-0.3, -0.25) is 0 Å². The van der Waals surface area contributed by atoms with Gasteiger partial charge in [0.1, 0.15) is 0 Å². The molecular weight excluding hydrogens is 296 g/mol. The van der Waals surface area contributed by atoms with Crippen LogP contribution in [0, 0.1) is 6.92 Å². The maximum absolute atomic E-state index is 11.8. The second kappa shape index (κ2) is 6.13. The number of hydrogen-bond acceptors (Lipinski definition) is 6. The van der Waals surface area contributed by atoms with Crippen molar-refractivity contribution >= 4 is 11.6 Å². The maximum Gasteiger partial charge on any atom is 0.360 e. The number of rotatable bonds is 4. The summed E-state index contributed by atoms with van der Waals surface area (Å²) < 4.78 is 11.6. The van der Waals surface area contributed by atoms with Gasteiger partial charge < -0.3 is 9.47 Å². The highest BCUT2D eigenvalue weighted by atomic mass is 16.5. The Morgan fingerprint density at radius 2 is 1.91 bits per heavy atom. The van der Waals surface area contributed by atoms with E-state index in [0.29, 0.717) is 17.9 Å². The van der Waals surface area contributed by atoms with Gasteiger partial charge in [-0.05, 0) is 12.5 Å². The van der Waals surface area contributed by atoms with Crippen LogP contribution in [0.1, 0.15) is 21.9 Å². The quantitative estimate of drug-likeness (QED) is 0.686. The van der Waals surface area contributed by atoms with E-state index in [0.717, 1.165) is 16.8 Å². The molecule has 3 rings (SSSR count). The highest BCUT2D eigenvalue weighted by Crippen LogP contribution is 2.28. The number of fused-ring (bicyclic) bond motifs is 1. The standard InChI is InChI=1S/C16H16N4O3/c1-10-14(16(21)23-3)17-18-15-13(11-7-5-4-6-8-11)12(9-22-2)19-20(10)15/h4-8H,9H2,1-3H3. The molecule has 3 aromatic rings. The molecular formula is C16H16N4O3. The molecule has 0 N–H and O–H groups in total. The zero-order chi connectivity index (χ0) is 16.4. The van der Waals surface area contributed by atoms with Crippen LogP contribution in [-0.4, -0.2) is 40.0 Å². The van der Waals surface area contributed by atoms with Gasteiger partial charge in [-0.1, -0.05) is 30.3 Å². The minimum absolute atomic E-state index is 0.145. The van der Waals surface area contributed by atoms with Crippen molar-refractivity contribution in [1.82, 2.24) is 19.8 Å². The number of hydrogen-bond donors (Lipinski definition) is 0. The first-order valence-electron chi connectivity index (χ1n) is 7.05. The summed E-state index contributed by atoms with van der Waals surface area (Å²) in [7, 11) is 2.92. The molecule has 2 heterocycles. The molecule has 0 saturated carbocycles. The van der Waals surface area contributed by atoms with Crippen LogP contribution >= 0.6 is 0 Å². The Balaban J connectivity index is 2.28. The molecule has 1 aromatic carbocycles. The lowest BCUT2D eigenvalue weighted by Gasteiger charge is -2.04. The number of carbonyl (C=O) groups excluding carboxylic acids is 1. The molecule has 0 amide bonds. The highest BCUT2D eigenvalue weighted by Gasteiger charge is 2.21. The Hall–Kier alpha value is -2.80. The molecule has 0 aliphatic carbocycles. The van der Waals surface area contributed by atoms with E-state index in [1.165, 1.54) is 7.11 Å². The van der Waals surface area contributed by atoms with Crippen molar-refractivity contribution in [1.29, 1.82) is 0 Å². The van der Waals surface area contributed by atoms with Gasteiger partial charge in [0.25, 0.3) is 0 Å². The second-order valence-corrected chi connectivity index (χ2v) is 4.98. The molecule has 2 aromatic heterocycles. The van der Waals surface area contributed by atoms with Crippen molar-refractivity contribution < 1.29 is 14.3 Å². The van der Waals surface area contributed by atoms with Crippen LogP contribution in [0.3, 0.4) is 0 Å². The summed E-state index contributed by atoms with van der Waals surface area (Å²) in [4.78, 5) is 11.8. The molecule has 7 nitrogen and oxygen atoms in total. The zero-order valence-corrected chi connectivity index (χ0v) is 13.1. The van der Waals surface area contributed by atoms with Crippen LogP contribution in [0.4, 0.5) is 0 Å². The Labute approximate surface area is 132 Å². The van der Waals surface area contributed by atoms with E-state index in [1.54, 1.807) is 18.5 Å². The molecule has 0 atom stereocenters. The van der Waals surface area contributed by atoms with Gasteiger partial charge in [0, 0.05) is 7.11 Å². The average Bonchev–Trinajstić information content (AvgIpc) is 2.95. The Kier molecular flexibility index (Phi) is 4.03. The number of aromatic nitrogens is 4. The van der Waals surface area contributed by atoms with Crippen LogP contribution in [0.5, 0.6) is 0 Å². The van der Waals surface area contributed by atoms with Gasteiger partial charge >= 0.3 is 5.97 Å². The molecule has 118 valence electrons. The average molecular weight is 312 g/mol. The number of ether oxygens (including phenoxy) is 2. The number of methoxy groups -OCH3 is 2. The normalized spacial score (nSPS) is 10.9. The van der Waals surface area contributed by atoms with Crippen molar-refractivity contribution in [2.24, 2.45) is 0 Å².